The van der Waals surface area contributed by atoms with Crippen LogP contribution < -0.4 is 5.56 Å². The summed E-state index contributed by atoms with van der Waals surface area (Å²) in [6.45, 7) is 0. The van der Waals surface area contributed by atoms with Gasteiger partial charge in [0.2, 0.25) is 0 Å². The molecule has 3 nitrogen and oxygen atoms in total. The Labute approximate surface area is 126 Å². The van der Waals surface area contributed by atoms with Crippen molar-refractivity contribution in [2.24, 2.45) is 0 Å². The molecule has 0 aliphatic heterocycles. The Morgan fingerprint density at radius 2 is 1.90 bits per heavy atom. The molecule has 1 aromatic carbocycles. The third-order valence-corrected chi connectivity index (χ3v) is 4.36. The van der Waals surface area contributed by atoms with Gasteiger partial charge in [0.05, 0.1) is 11.7 Å². The summed E-state index contributed by atoms with van der Waals surface area (Å²) in [5.41, 5.74) is 1.90. The van der Waals surface area contributed by atoms with E-state index in [9.17, 15) is 4.79 Å². The van der Waals surface area contributed by atoms with Crippen LogP contribution in [0.2, 0.25) is 0 Å². The average Bonchev–Trinajstić information content (AvgIpc) is 2.48. The van der Waals surface area contributed by atoms with E-state index < -0.39 is 0 Å². The molecule has 2 aromatic rings. The SMILES string of the molecule is O=c1ccc(-c2cccc(Br)c2)nn1C1CCCCC1. The van der Waals surface area contributed by atoms with Crippen molar-refractivity contribution >= 4 is 15.9 Å². The molecule has 0 spiro atoms. The van der Waals surface area contributed by atoms with Gasteiger partial charge in [-0.3, -0.25) is 4.79 Å². The molecular formula is C16H17BrN2O. The fraction of sp³-hybridized carbons (Fsp3) is 0.375. The summed E-state index contributed by atoms with van der Waals surface area (Å²) < 4.78 is 2.71. The van der Waals surface area contributed by atoms with Gasteiger partial charge < -0.3 is 0 Å². The second-order valence-corrected chi connectivity index (χ2v) is 6.22. The number of nitrogens with zero attached hydrogens (tertiary/aromatic N) is 2. The predicted octanol–water partition coefficient (Wildman–Crippen LogP) is 4.18. The summed E-state index contributed by atoms with van der Waals surface area (Å²) in [7, 11) is 0. The predicted molar refractivity (Wildman–Crippen MR) is 83.8 cm³/mol. The van der Waals surface area contributed by atoms with Gasteiger partial charge in [-0.25, -0.2) is 4.68 Å². The van der Waals surface area contributed by atoms with Crippen LogP contribution in [0.5, 0.6) is 0 Å². The number of rotatable bonds is 2. The van der Waals surface area contributed by atoms with Crippen molar-refractivity contribution in [1.82, 2.24) is 9.78 Å². The number of hydrogen-bond acceptors (Lipinski definition) is 2. The highest BCUT2D eigenvalue weighted by molar-refractivity contribution is 9.10. The van der Waals surface area contributed by atoms with Gasteiger partial charge in [-0.2, -0.15) is 5.10 Å². The third-order valence-electron chi connectivity index (χ3n) is 3.87. The van der Waals surface area contributed by atoms with Crippen LogP contribution in [0.25, 0.3) is 11.3 Å². The maximum Gasteiger partial charge on any atom is 0.267 e. The quantitative estimate of drug-likeness (QED) is 0.826. The van der Waals surface area contributed by atoms with Crippen LogP contribution >= 0.6 is 15.9 Å². The van der Waals surface area contributed by atoms with Crippen LogP contribution in [0.3, 0.4) is 0 Å². The molecule has 20 heavy (non-hydrogen) atoms. The summed E-state index contributed by atoms with van der Waals surface area (Å²) in [4.78, 5) is 12.1. The molecule has 0 amide bonds. The molecule has 0 unspecified atom stereocenters. The maximum atomic E-state index is 12.1. The highest BCUT2D eigenvalue weighted by atomic mass is 79.9. The minimum atomic E-state index is 0.00986. The third kappa shape index (κ3) is 2.85. The van der Waals surface area contributed by atoms with Crippen LogP contribution in [0, 0.1) is 0 Å². The lowest BCUT2D eigenvalue weighted by atomic mass is 9.95. The normalized spacial score (nSPS) is 16.2. The van der Waals surface area contributed by atoms with Crippen LogP contribution in [0.1, 0.15) is 38.1 Å². The lowest BCUT2D eigenvalue weighted by molar-refractivity contribution is 0.319. The molecule has 3 rings (SSSR count). The molecule has 104 valence electrons. The minimum absolute atomic E-state index is 0.00986. The second kappa shape index (κ2) is 5.92. The summed E-state index contributed by atoms with van der Waals surface area (Å²) in [6.07, 6.45) is 5.79. The second-order valence-electron chi connectivity index (χ2n) is 5.30. The summed E-state index contributed by atoms with van der Waals surface area (Å²) >= 11 is 3.47. The summed E-state index contributed by atoms with van der Waals surface area (Å²) in [6, 6.07) is 11.7. The monoisotopic (exact) mass is 332 g/mol. The van der Waals surface area contributed by atoms with Gasteiger partial charge >= 0.3 is 0 Å². The van der Waals surface area contributed by atoms with E-state index in [2.05, 4.69) is 21.0 Å². The Morgan fingerprint density at radius 1 is 1.10 bits per heavy atom. The molecule has 0 radical (unpaired) electrons. The molecule has 1 aliphatic carbocycles. The van der Waals surface area contributed by atoms with Crippen molar-refractivity contribution in [3.8, 4) is 11.3 Å². The van der Waals surface area contributed by atoms with Gasteiger partial charge in [0.15, 0.2) is 0 Å². The molecule has 1 saturated carbocycles. The number of aromatic nitrogens is 2. The smallest absolute Gasteiger partial charge is 0.267 e. The molecule has 0 N–H and O–H groups in total. The van der Waals surface area contributed by atoms with E-state index in [1.54, 1.807) is 10.7 Å². The molecule has 0 bridgehead atoms. The Morgan fingerprint density at radius 3 is 2.65 bits per heavy atom. The molecule has 1 fully saturated rings. The zero-order valence-electron chi connectivity index (χ0n) is 11.3. The minimum Gasteiger partial charge on any atom is -0.268 e. The Bertz CT molecular complexity index is 660. The largest absolute Gasteiger partial charge is 0.268 e. The van der Waals surface area contributed by atoms with Crippen LogP contribution in [-0.4, -0.2) is 9.78 Å². The van der Waals surface area contributed by atoms with Crippen LogP contribution in [0.4, 0.5) is 0 Å². The summed E-state index contributed by atoms with van der Waals surface area (Å²) in [5.74, 6) is 0. The molecular weight excluding hydrogens is 316 g/mol. The van der Waals surface area contributed by atoms with Gasteiger partial charge in [-0.05, 0) is 31.0 Å². The topological polar surface area (TPSA) is 34.9 Å². The summed E-state index contributed by atoms with van der Waals surface area (Å²) in [5, 5.41) is 4.59. The number of benzene rings is 1. The van der Waals surface area contributed by atoms with Gasteiger partial charge in [0.25, 0.3) is 5.56 Å². The van der Waals surface area contributed by atoms with Gasteiger partial charge in [-0.1, -0.05) is 47.3 Å². The lowest BCUT2D eigenvalue weighted by Gasteiger charge is -2.23. The van der Waals surface area contributed by atoms with E-state index >= 15 is 0 Å². The van der Waals surface area contributed by atoms with E-state index in [1.165, 1.54) is 19.3 Å². The first-order chi connectivity index (χ1) is 9.74. The number of hydrogen-bond donors (Lipinski definition) is 0. The van der Waals surface area contributed by atoms with Crippen LogP contribution in [0.15, 0.2) is 45.7 Å². The van der Waals surface area contributed by atoms with E-state index in [0.29, 0.717) is 0 Å². The van der Waals surface area contributed by atoms with E-state index in [-0.39, 0.29) is 11.6 Å². The molecule has 1 aromatic heterocycles. The van der Waals surface area contributed by atoms with E-state index in [0.717, 1.165) is 28.6 Å². The fourth-order valence-electron chi connectivity index (χ4n) is 2.81. The molecule has 0 atom stereocenters. The van der Waals surface area contributed by atoms with Crippen molar-refractivity contribution < 1.29 is 0 Å². The van der Waals surface area contributed by atoms with Crippen LogP contribution in [-0.2, 0) is 0 Å². The Kier molecular flexibility index (Phi) is 4.01. The van der Waals surface area contributed by atoms with Crippen molar-refractivity contribution in [3.05, 3.63) is 51.2 Å². The Balaban J connectivity index is 1.99. The van der Waals surface area contributed by atoms with Crippen molar-refractivity contribution in [2.75, 3.05) is 0 Å². The van der Waals surface area contributed by atoms with Gasteiger partial charge in [0, 0.05) is 16.1 Å². The molecule has 1 heterocycles. The van der Waals surface area contributed by atoms with E-state index in [1.807, 2.05) is 30.3 Å². The van der Waals surface area contributed by atoms with Gasteiger partial charge in [0.1, 0.15) is 0 Å². The highest BCUT2D eigenvalue weighted by Gasteiger charge is 2.17. The van der Waals surface area contributed by atoms with Crippen molar-refractivity contribution in [3.63, 3.8) is 0 Å². The zero-order valence-corrected chi connectivity index (χ0v) is 12.8. The zero-order chi connectivity index (χ0) is 13.9. The lowest BCUT2D eigenvalue weighted by Crippen LogP contribution is -2.28. The van der Waals surface area contributed by atoms with E-state index in [4.69, 9.17) is 0 Å². The first-order valence-corrected chi connectivity index (χ1v) is 7.89. The molecule has 0 saturated heterocycles. The Hall–Kier alpha value is -1.42. The highest BCUT2D eigenvalue weighted by Crippen LogP contribution is 2.27. The standard InChI is InChI=1S/C16H17BrN2O/c17-13-6-4-5-12(11-13)15-9-10-16(20)19(18-15)14-7-2-1-3-8-14/h4-6,9-11,14H,1-3,7-8H2. The fourth-order valence-corrected chi connectivity index (χ4v) is 3.21. The first kappa shape index (κ1) is 13.6. The number of halogens is 1. The van der Waals surface area contributed by atoms with Crippen molar-refractivity contribution in [2.45, 2.75) is 38.1 Å². The average molecular weight is 333 g/mol. The first-order valence-electron chi connectivity index (χ1n) is 7.10. The van der Waals surface area contributed by atoms with Gasteiger partial charge in [-0.15, -0.1) is 0 Å². The maximum absolute atomic E-state index is 12.1. The molecule has 4 heteroatoms. The van der Waals surface area contributed by atoms with Crippen molar-refractivity contribution in [1.29, 1.82) is 0 Å². The molecule has 1 aliphatic rings.